The summed E-state index contributed by atoms with van der Waals surface area (Å²) in [5.74, 6) is 0. The molecule has 0 aromatic heterocycles. The maximum Gasteiger partial charge on any atom is 0.0708 e. The number of ether oxygens (including phenoxy) is 2. The summed E-state index contributed by atoms with van der Waals surface area (Å²) in [4.78, 5) is 0. The van der Waals surface area contributed by atoms with Gasteiger partial charge in [0.2, 0.25) is 0 Å². The topological polar surface area (TPSA) is 30.5 Å². The largest absolute Gasteiger partial charge is 0.381 e. The molecule has 3 atom stereocenters. The molecule has 1 saturated heterocycles. The lowest BCUT2D eigenvalue weighted by Crippen LogP contribution is -2.37. The summed E-state index contributed by atoms with van der Waals surface area (Å²) in [6, 6.07) is 0.649. The summed E-state index contributed by atoms with van der Waals surface area (Å²) >= 11 is 0. The highest BCUT2D eigenvalue weighted by atomic mass is 16.5. The van der Waals surface area contributed by atoms with Crippen LogP contribution in [-0.2, 0) is 9.47 Å². The lowest BCUT2D eigenvalue weighted by molar-refractivity contribution is -0.0629. The summed E-state index contributed by atoms with van der Waals surface area (Å²) in [5, 5.41) is 3.70. The molecule has 0 radical (unpaired) electrons. The molecule has 0 bridgehead atoms. The van der Waals surface area contributed by atoms with Gasteiger partial charge in [0.15, 0.2) is 0 Å². The fourth-order valence-corrected chi connectivity index (χ4v) is 4.24. The first-order valence-corrected chi connectivity index (χ1v) is 8.24. The number of methoxy groups -OCH3 is 1. The van der Waals surface area contributed by atoms with Gasteiger partial charge in [0.25, 0.3) is 0 Å². The summed E-state index contributed by atoms with van der Waals surface area (Å²) in [6.45, 7) is 1.04. The molecule has 1 N–H and O–H groups in total. The second-order valence-electron chi connectivity index (χ2n) is 6.80. The van der Waals surface area contributed by atoms with E-state index in [9.17, 15) is 0 Å². The smallest absolute Gasteiger partial charge is 0.0708 e. The van der Waals surface area contributed by atoms with Gasteiger partial charge in [-0.3, -0.25) is 0 Å². The fourth-order valence-electron chi connectivity index (χ4n) is 4.24. The zero-order valence-corrected chi connectivity index (χ0v) is 12.3. The van der Waals surface area contributed by atoms with E-state index in [-0.39, 0.29) is 5.60 Å². The van der Waals surface area contributed by atoms with Gasteiger partial charge in [-0.15, -0.1) is 0 Å². The van der Waals surface area contributed by atoms with Crippen LogP contribution in [0.5, 0.6) is 0 Å². The molecule has 3 heteroatoms. The van der Waals surface area contributed by atoms with Gasteiger partial charge in [-0.2, -0.15) is 0 Å². The van der Waals surface area contributed by atoms with Gasteiger partial charge in [-0.25, -0.2) is 0 Å². The van der Waals surface area contributed by atoms with Crippen molar-refractivity contribution in [3.8, 4) is 0 Å². The Kier molecular flexibility index (Phi) is 4.45. The number of hydrogen-bond donors (Lipinski definition) is 1. The number of hydrogen-bond acceptors (Lipinski definition) is 3. The molecule has 1 spiro atoms. The molecular weight excluding hydrogens is 238 g/mol. The van der Waals surface area contributed by atoms with Gasteiger partial charge in [0.05, 0.1) is 17.8 Å². The second-order valence-corrected chi connectivity index (χ2v) is 6.80. The Morgan fingerprint density at radius 1 is 1.11 bits per heavy atom. The fraction of sp³-hybridized carbons (Fsp3) is 1.00. The molecule has 0 aromatic carbocycles. The van der Waals surface area contributed by atoms with Crippen LogP contribution in [-0.4, -0.2) is 37.5 Å². The predicted octanol–water partition coefficient (Wildman–Crippen LogP) is 3.03. The molecule has 0 aromatic rings. The highest BCUT2D eigenvalue weighted by Crippen LogP contribution is 2.41. The third-order valence-electron chi connectivity index (χ3n) is 5.46. The maximum atomic E-state index is 6.41. The molecule has 19 heavy (non-hydrogen) atoms. The molecule has 3 nitrogen and oxygen atoms in total. The van der Waals surface area contributed by atoms with Crippen molar-refractivity contribution in [2.75, 3.05) is 13.7 Å². The second kappa shape index (κ2) is 6.11. The Hall–Kier alpha value is -0.120. The third-order valence-corrected chi connectivity index (χ3v) is 5.46. The Labute approximate surface area is 117 Å². The zero-order valence-electron chi connectivity index (χ0n) is 12.3. The van der Waals surface area contributed by atoms with Crippen molar-refractivity contribution in [2.45, 2.75) is 88.1 Å². The van der Waals surface area contributed by atoms with E-state index in [0.717, 1.165) is 6.54 Å². The minimum Gasteiger partial charge on any atom is -0.381 e. The average Bonchev–Trinajstić information content (AvgIpc) is 3.05. The van der Waals surface area contributed by atoms with Crippen LogP contribution in [0.1, 0.15) is 64.2 Å². The van der Waals surface area contributed by atoms with E-state index in [1.165, 1.54) is 64.2 Å². The first-order valence-electron chi connectivity index (χ1n) is 8.24. The first kappa shape index (κ1) is 13.8. The van der Waals surface area contributed by atoms with Gasteiger partial charge >= 0.3 is 0 Å². The minimum atomic E-state index is 0.273. The molecule has 1 aliphatic heterocycles. The van der Waals surface area contributed by atoms with Crippen molar-refractivity contribution >= 4 is 0 Å². The quantitative estimate of drug-likeness (QED) is 0.849. The zero-order chi connectivity index (χ0) is 13.1. The molecule has 2 saturated carbocycles. The Morgan fingerprint density at radius 2 is 1.95 bits per heavy atom. The van der Waals surface area contributed by atoms with Gasteiger partial charge in [-0.05, 0) is 44.9 Å². The van der Waals surface area contributed by atoms with Gasteiger partial charge < -0.3 is 14.8 Å². The van der Waals surface area contributed by atoms with Crippen LogP contribution in [0.2, 0.25) is 0 Å². The van der Waals surface area contributed by atoms with Crippen molar-refractivity contribution < 1.29 is 9.47 Å². The van der Waals surface area contributed by atoms with Crippen LogP contribution in [0.15, 0.2) is 0 Å². The summed E-state index contributed by atoms with van der Waals surface area (Å²) in [6.07, 6.45) is 13.9. The Morgan fingerprint density at radius 3 is 2.68 bits per heavy atom. The van der Waals surface area contributed by atoms with Crippen LogP contribution >= 0.6 is 0 Å². The number of nitrogens with one attached hydrogen (secondary N) is 1. The molecule has 3 rings (SSSR count). The molecule has 3 aliphatic rings. The van der Waals surface area contributed by atoms with Crippen LogP contribution < -0.4 is 5.32 Å². The van der Waals surface area contributed by atoms with E-state index in [0.29, 0.717) is 18.2 Å². The standard InChI is InChI=1S/C16H29NO2/c1-18-14-6-5-13(11-14)17-12-15-7-10-16(19-15)8-3-2-4-9-16/h13-15,17H,2-12H2,1H3. The Balaban J connectivity index is 1.40. The molecular formula is C16H29NO2. The molecule has 0 amide bonds. The van der Waals surface area contributed by atoms with Crippen LogP contribution in [0.4, 0.5) is 0 Å². The van der Waals surface area contributed by atoms with E-state index < -0.39 is 0 Å². The lowest BCUT2D eigenvalue weighted by atomic mass is 9.83. The van der Waals surface area contributed by atoms with Crippen molar-refractivity contribution in [3.05, 3.63) is 0 Å². The lowest BCUT2D eigenvalue weighted by Gasteiger charge is -2.33. The van der Waals surface area contributed by atoms with E-state index in [2.05, 4.69) is 5.32 Å². The van der Waals surface area contributed by atoms with Crippen molar-refractivity contribution in [1.82, 2.24) is 5.32 Å². The molecule has 3 fully saturated rings. The highest BCUT2D eigenvalue weighted by Gasteiger charge is 2.40. The Bertz CT molecular complexity index is 288. The SMILES string of the molecule is COC1CCC(NCC2CCC3(CCCCC3)O2)C1. The molecule has 3 unspecified atom stereocenters. The van der Waals surface area contributed by atoms with E-state index >= 15 is 0 Å². The summed E-state index contributed by atoms with van der Waals surface area (Å²) < 4.78 is 11.8. The van der Waals surface area contributed by atoms with E-state index in [4.69, 9.17) is 9.47 Å². The van der Waals surface area contributed by atoms with E-state index in [1.54, 1.807) is 0 Å². The van der Waals surface area contributed by atoms with Crippen LogP contribution in [0, 0.1) is 0 Å². The monoisotopic (exact) mass is 267 g/mol. The van der Waals surface area contributed by atoms with Crippen LogP contribution in [0.3, 0.4) is 0 Å². The number of rotatable bonds is 4. The summed E-state index contributed by atoms with van der Waals surface area (Å²) in [5.41, 5.74) is 0.273. The van der Waals surface area contributed by atoms with Gasteiger partial charge in [-0.1, -0.05) is 19.3 Å². The average molecular weight is 267 g/mol. The van der Waals surface area contributed by atoms with E-state index in [1.807, 2.05) is 7.11 Å². The van der Waals surface area contributed by atoms with Gasteiger partial charge in [0.1, 0.15) is 0 Å². The maximum absolute atomic E-state index is 6.41. The predicted molar refractivity (Wildman–Crippen MR) is 76.4 cm³/mol. The molecule has 1 heterocycles. The minimum absolute atomic E-state index is 0.273. The molecule has 110 valence electrons. The molecule has 2 aliphatic carbocycles. The van der Waals surface area contributed by atoms with Crippen molar-refractivity contribution in [2.24, 2.45) is 0 Å². The highest BCUT2D eigenvalue weighted by molar-refractivity contribution is 4.92. The van der Waals surface area contributed by atoms with Crippen molar-refractivity contribution in [1.29, 1.82) is 0 Å². The normalized spacial score (nSPS) is 38.1. The summed E-state index contributed by atoms with van der Waals surface area (Å²) in [7, 11) is 1.83. The van der Waals surface area contributed by atoms with Crippen molar-refractivity contribution in [3.63, 3.8) is 0 Å². The third kappa shape index (κ3) is 3.32. The first-order chi connectivity index (χ1) is 9.30. The van der Waals surface area contributed by atoms with Gasteiger partial charge in [0, 0.05) is 19.7 Å². The van der Waals surface area contributed by atoms with Crippen LogP contribution in [0.25, 0.3) is 0 Å².